The van der Waals surface area contributed by atoms with Gasteiger partial charge < -0.3 is 9.47 Å². The lowest BCUT2D eigenvalue weighted by molar-refractivity contribution is -0.125. The number of ether oxygens (including phenoxy) is 2. The molecule has 1 aromatic carbocycles. The van der Waals surface area contributed by atoms with Crippen molar-refractivity contribution < 1.29 is 14.3 Å². The van der Waals surface area contributed by atoms with Gasteiger partial charge in [0.25, 0.3) is 0 Å². The first-order valence-electron chi connectivity index (χ1n) is 7.95. The van der Waals surface area contributed by atoms with Crippen LogP contribution in [0.25, 0.3) is 0 Å². The van der Waals surface area contributed by atoms with Gasteiger partial charge in [-0.15, -0.1) is 0 Å². The maximum absolute atomic E-state index is 12.1. The van der Waals surface area contributed by atoms with Crippen molar-refractivity contribution in [3.05, 3.63) is 35.9 Å². The van der Waals surface area contributed by atoms with Gasteiger partial charge in [0.05, 0.1) is 0 Å². The van der Waals surface area contributed by atoms with Crippen LogP contribution in [0.5, 0.6) is 0 Å². The quantitative estimate of drug-likeness (QED) is 0.686. The Morgan fingerprint density at radius 3 is 2.71 bits per heavy atom. The molecule has 3 nitrogen and oxygen atoms in total. The summed E-state index contributed by atoms with van der Waals surface area (Å²) in [6, 6.07) is 10.6. The summed E-state index contributed by atoms with van der Waals surface area (Å²) in [6.07, 6.45) is 4.46. The van der Waals surface area contributed by atoms with Crippen molar-refractivity contribution in [1.29, 1.82) is 0 Å². The van der Waals surface area contributed by atoms with Crippen LogP contribution in [0.1, 0.15) is 43.6 Å². The molecule has 0 N–H and O–H groups in total. The van der Waals surface area contributed by atoms with Crippen LogP contribution >= 0.6 is 0 Å². The Hall–Kier alpha value is -1.19. The Morgan fingerprint density at radius 2 is 1.95 bits per heavy atom. The fourth-order valence-corrected chi connectivity index (χ4v) is 3.05. The zero-order valence-corrected chi connectivity index (χ0v) is 12.9. The molecule has 0 saturated heterocycles. The molecule has 116 valence electrons. The van der Waals surface area contributed by atoms with E-state index in [4.69, 9.17) is 9.47 Å². The molecule has 1 fully saturated rings. The third-order valence-electron chi connectivity index (χ3n) is 4.28. The molecule has 1 aliphatic carbocycles. The van der Waals surface area contributed by atoms with Crippen molar-refractivity contribution in [2.75, 3.05) is 26.9 Å². The lowest BCUT2D eigenvalue weighted by atomic mass is 9.76. The van der Waals surface area contributed by atoms with E-state index in [-0.39, 0.29) is 5.92 Å². The third kappa shape index (κ3) is 5.25. The molecule has 0 aromatic heterocycles. The van der Waals surface area contributed by atoms with Gasteiger partial charge in [-0.2, -0.15) is 0 Å². The number of carbonyl (C=O) groups is 1. The summed E-state index contributed by atoms with van der Waals surface area (Å²) >= 11 is 0. The summed E-state index contributed by atoms with van der Waals surface area (Å²) in [5.74, 6) is 1.12. The Bertz CT molecular complexity index is 416. The van der Waals surface area contributed by atoms with Crippen molar-refractivity contribution in [3.8, 4) is 0 Å². The van der Waals surface area contributed by atoms with Gasteiger partial charge in [-0.3, -0.25) is 4.79 Å². The van der Waals surface area contributed by atoms with Crippen molar-refractivity contribution >= 4 is 5.78 Å². The Balaban J connectivity index is 1.75. The van der Waals surface area contributed by atoms with Gasteiger partial charge in [0.2, 0.25) is 0 Å². The van der Waals surface area contributed by atoms with Crippen molar-refractivity contribution in [2.24, 2.45) is 5.92 Å². The molecule has 0 amide bonds. The SMILES string of the molecule is COCCCOCCC1CC(c2ccccc2)CCC1=O. The zero-order valence-electron chi connectivity index (χ0n) is 12.9. The molecule has 0 bridgehead atoms. The van der Waals surface area contributed by atoms with E-state index >= 15 is 0 Å². The highest BCUT2D eigenvalue weighted by atomic mass is 16.5. The van der Waals surface area contributed by atoms with Gasteiger partial charge >= 0.3 is 0 Å². The molecule has 1 aliphatic rings. The van der Waals surface area contributed by atoms with Gasteiger partial charge in [-0.1, -0.05) is 30.3 Å². The first kappa shape index (κ1) is 16.2. The van der Waals surface area contributed by atoms with Crippen molar-refractivity contribution in [2.45, 2.75) is 38.0 Å². The van der Waals surface area contributed by atoms with Crippen LogP contribution in [0.3, 0.4) is 0 Å². The molecular formula is C18H26O3. The second kappa shape index (κ2) is 8.96. The minimum atomic E-state index is 0.173. The maximum Gasteiger partial charge on any atom is 0.136 e. The van der Waals surface area contributed by atoms with E-state index in [0.717, 1.165) is 38.9 Å². The number of hydrogen-bond donors (Lipinski definition) is 0. The fraction of sp³-hybridized carbons (Fsp3) is 0.611. The molecule has 2 rings (SSSR count). The number of ketones is 1. The van der Waals surface area contributed by atoms with E-state index in [1.165, 1.54) is 5.56 Å². The molecule has 0 heterocycles. The summed E-state index contributed by atoms with van der Waals surface area (Å²) in [4.78, 5) is 12.1. The standard InChI is InChI=1S/C18H26O3/c1-20-11-5-12-21-13-10-17-14-16(8-9-18(17)19)15-6-3-2-4-7-15/h2-4,6-7,16-17H,5,8-14H2,1H3. The topological polar surface area (TPSA) is 35.5 Å². The van der Waals surface area contributed by atoms with Gasteiger partial charge in [-0.25, -0.2) is 0 Å². The minimum Gasteiger partial charge on any atom is -0.385 e. The molecule has 21 heavy (non-hydrogen) atoms. The van der Waals surface area contributed by atoms with Crippen molar-refractivity contribution in [3.63, 3.8) is 0 Å². The van der Waals surface area contributed by atoms with E-state index in [0.29, 0.717) is 24.7 Å². The molecule has 0 aliphatic heterocycles. The monoisotopic (exact) mass is 290 g/mol. The Morgan fingerprint density at radius 1 is 1.14 bits per heavy atom. The Kier molecular flexibility index (Phi) is 6.90. The number of carbonyl (C=O) groups excluding carboxylic acids is 1. The Labute approximate surface area is 127 Å². The summed E-state index contributed by atoms with van der Waals surface area (Å²) < 4.78 is 10.6. The fourth-order valence-electron chi connectivity index (χ4n) is 3.05. The van der Waals surface area contributed by atoms with Gasteiger partial charge in [-0.05, 0) is 37.2 Å². The lowest BCUT2D eigenvalue weighted by Crippen LogP contribution is -2.25. The highest BCUT2D eigenvalue weighted by Crippen LogP contribution is 2.35. The van der Waals surface area contributed by atoms with Crippen LogP contribution in [-0.4, -0.2) is 32.7 Å². The number of rotatable bonds is 8. The van der Waals surface area contributed by atoms with E-state index in [2.05, 4.69) is 24.3 Å². The van der Waals surface area contributed by atoms with Gasteiger partial charge in [0, 0.05) is 39.3 Å². The van der Waals surface area contributed by atoms with Crippen LogP contribution < -0.4 is 0 Å². The van der Waals surface area contributed by atoms with Crippen LogP contribution in [0.15, 0.2) is 30.3 Å². The normalized spacial score (nSPS) is 22.4. The van der Waals surface area contributed by atoms with Crippen LogP contribution in [-0.2, 0) is 14.3 Å². The molecule has 2 atom stereocenters. The summed E-state index contributed by atoms with van der Waals surface area (Å²) in [7, 11) is 1.70. The highest BCUT2D eigenvalue weighted by molar-refractivity contribution is 5.82. The first-order valence-corrected chi connectivity index (χ1v) is 7.95. The summed E-state index contributed by atoms with van der Waals surface area (Å²) in [5.41, 5.74) is 1.37. The van der Waals surface area contributed by atoms with E-state index in [1.807, 2.05) is 6.07 Å². The highest BCUT2D eigenvalue weighted by Gasteiger charge is 2.29. The number of methoxy groups -OCH3 is 1. The third-order valence-corrected chi connectivity index (χ3v) is 4.28. The molecule has 1 aromatic rings. The van der Waals surface area contributed by atoms with Crippen LogP contribution in [0.2, 0.25) is 0 Å². The smallest absolute Gasteiger partial charge is 0.136 e. The predicted molar refractivity (Wildman–Crippen MR) is 83.5 cm³/mol. The molecule has 2 unspecified atom stereocenters. The predicted octanol–water partition coefficient (Wildman–Crippen LogP) is 3.58. The second-order valence-corrected chi connectivity index (χ2v) is 5.79. The van der Waals surface area contributed by atoms with Crippen LogP contribution in [0.4, 0.5) is 0 Å². The largest absolute Gasteiger partial charge is 0.385 e. The lowest BCUT2D eigenvalue weighted by Gasteiger charge is -2.28. The van der Waals surface area contributed by atoms with Crippen molar-refractivity contribution in [1.82, 2.24) is 0 Å². The zero-order chi connectivity index (χ0) is 14.9. The van der Waals surface area contributed by atoms with Crippen LogP contribution in [0, 0.1) is 5.92 Å². The van der Waals surface area contributed by atoms with E-state index in [1.54, 1.807) is 7.11 Å². The average molecular weight is 290 g/mol. The average Bonchev–Trinajstić information content (AvgIpc) is 2.53. The molecule has 0 radical (unpaired) electrons. The maximum atomic E-state index is 12.1. The number of Topliss-reactive ketones (excluding diaryl/α,β-unsaturated/α-hetero) is 1. The van der Waals surface area contributed by atoms with E-state index in [9.17, 15) is 4.79 Å². The molecule has 1 saturated carbocycles. The van der Waals surface area contributed by atoms with Gasteiger partial charge in [0.1, 0.15) is 5.78 Å². The molecular weight excluding hydrogens is 264 g/mol. The van der Waals surface area contributed by atoms with Gasteiger partial charge in [0.15, 0.2) is 0 Å². The number of benzene rings is 1. The summed E-state index contributed by atoms with van der Waals surface area (Å²) in [5, 5.41) is 0. The molecule has 3 heteroatoms. The number of hydrogen-bond acceptors (Lipinski definition) is 3. The first-order chi connectivity index (χ1) is 10.3. The second-order valence-electron chi connectivity index (χ2n) is 5.79. The summed E-state index contributed by atoms with van der Waals surface area (Å²) in [6.45, 7) is 2.14. The van der Waals surface area contributed by atoms with E-state index < -0.39 is 0 Å². The minimum absolute atomic E-state index is 0.173. The molecule has 0 spiro atoms.